The molecule has 0 aromatic carbocycles. The second kappa shape index (κ2) is 13.9. The number of amides is 1. The number of aliphatic carboxylic acids is 1. The molecule has 1 unspecified atom stereocenters. The number of esters is 1. The van der Waals surface area contributed by atoms with Crippen LogP contribution in [0, 0.1) is 79.3 Å². The van der Waals surface area contributed by atoms with Crippen LogP contribution in [0.4, 0.5) is 0 Å². The minimum atomic E-state index is -3.20. The normalized spacial score (nSPS) is 45.1. The van der Waals surface area contributed by atoms with Crippen molar-refractivity contribution in [3.63, 3.8) is 0 Å². The first-order valence-corrected chi connectivity index (χ1v) is 25.4. The Morgan fingerprint density at radius 2 is 1.39 bits per heavy atom. The number of rotatable bonds is 9. The van der Waals surface area contributed by atoms with Gasteiger partial charge in [-0.25, -0.2) is 8.42 Å². The van der Waals surface area contributed by atoms with E-state index in [1.54, 1.807) is 4.31 Å². The Labute approximate surface area is 356 Å². The Morgan fingerprint density at radius 3 is 1.98 bits per heavy atom. The van der Waals surface area contributed by atoms with E-state index in [-0.39, 0.29) is 51.0 Å². The van der Waals surface area contributed by atoms with Gasteiger partial charge in [-0.2, -0.15) is 4.31 Å². The summed E-state index contributed by atoms with van der Waals surface area (Å²) in [6, 6.07) is 0. The molecule has 12 atom stereocenters. The van der Waals surface area contributed by atoms with Gasteiger partial charge in [0.05, 0.1) is 23.5 Å². The van der Waals surface area contributed by atoms with Crippen LogP contribution in [-0.4, -0.2) is 91.2 Å². The first-order valence-electron chi connectivity index (χ1n) is 23.6. The van der Waals surface area contributed by atoms with Crippen molar-refractivity contribution >= 4 is 27.9 Å². The van der Waals surface area contributed by atoms with E-state index in [1.807, 2.05) is 13.8 Å². The summed E-state index contributed by atoms with van der Waals surface area (Å²) in [5.74, 6) is 0.832. The zero-order chi connectivity index (χ0) is 43.1. The summed E-state index contributed by atoms with van der Waals surface area (Å²) in [4.78, 5) is 43.0. The molecule has 7 saturated carbocycles. The molecule has 0 spiro atoms. The first kappa shape index (κ1) is 43.9. The van der Waals surface area contributed by atoms with Crippen LogP contribution in [-0.2, 0) is 29.1 Å². The van der Waals surface area contributed by atoms with Crippen LogP contribution in [0.2, 0.25) is 0 Å². The number of carboxylic acids is 1. The number of carbonyl (C=O) groups is 3. The largest absolute Gasteiger partial charge is 0.481 e. The Hall–Kier alpha value is -1.72. The van der Waals surface area contributed by atoms with Crippen molar-refractivity contribution in [2.75, 3.05) is 39.0 Å². The van der Waals surface area contributed by atoms with E-state index < -0.39 is 32.9 Å². The molecule has 0 aromatic heterocycles. The smallest absolute Gasteiger partial charge is 0.309 e. The Morgan fingerprint density at radius 1 is 0.729 bits per heavy atom. The maximum atomic E-state index is 15.2. The summed E-state index contributed by atoms with van der Waals surface area (Å²) >= 11 is 0. The molecule has 59 heavy (non-hydrogen) atoms. The fraction of sp³-hybridized carbons (Fsp3) is 0.938. The van der Waals surface area contributed by atoms with Crippen LogP contribution in [0.1, 0.15) is 153 Å². The molecule has 2 N–H and O–H groups in total. The summed E-state index contributed by atoms with van der Waals surface area (Å²) in [7, 11) is -3.20. The molecule has 10 nitrogen and oxygen atoms in total. The van der Waals surface area contributed by atoms with Gasteiger partial charge in [-0.05, 0) is 154 Å². The number of sulfonamides is 1. The minimum Gasteiger partial charge on any atom is -0.481 e. The van der Waals surface area contributed by atoms with Gasteiger partial charge in [-0.3, -0.25) is 19.3 Å². The maximum Gasteiger partial charge on any atom is 0.309 e. The van der Waals surface area contributed by atoms with Crippen molar-refractivity contribution < 1.29 is 32.6 Å². The van der Waals surface area contributed by atoms with E-state index >= 15 is 4.79 Å². The third-order valence-corrected chi connectivity index (χ3v) is 22.0. The van der Waals surface area contributed by atoms with Crippen LogP contribution >= 0.6 is 0 Å². The van der Waals surface area contributed by atoms with Gasteiger partial charge in [0.1, 0.15) is 6.10 Å². The van der Waals surface area contributed by atoms with E-state index in [9.17, 15) is 23.1 Å². The lowest BCUT2D eigenvalue weighted by atomic mass is 9.32. The SMILES string of the molecule is CC(C)(CN1CCN(S(C)(=O)=O)CC1)NC(=O)[C@]12CC[C@@H](C3(C)CC3)C1[C@H]1CC[C@@H]3[C@@]4(C)CC[C@H](OC(=O)[C@H]5C[C@@H](C(=O)O)C5(C)C)C(C)(C)[C@@H]4CC[C@@]3(C)[C@]1(C)CC2. The average molecular weight is 842 g/mol. The summed E-state index contributed by atoms with van der Waals surface area (Å²) in [5.41, 5.74) is -0.826. The van der Waals surface area contributed by atoms with Gasteiger partial charge < -0.3 is 15.2 Å². The standard InChI is InChI=1S/C48H79N3O7S/c1-41(2,29-50-24-26-51(27-25-50)59(11,56)57)49-40(55)48-19-14-30(44(7)20-21-44)37(48)31-12-13-35-45(8)17-16-36(58-39(54)33-28-32(38(52)53)42(33,3)4)43(5,6)34(45)15-18-47(35,10)46(31,9)22-23-48/h30-37H,12-29H2,1-11H3,(H,49,55)(H,52,53)/t30-,31-,32+,33-,34+,35-,36+,37?,45+,46-,47-,48+/m1/s1. The summed E-state index contributed by atoms with van der Waals surface area (Å²) < 4.78 is 32.4. The highest BCUT2D eigenvalue weighted by atomic mass is 32.2. The van der Waals surface area contributed by atoms with Crippen molar-refractivity contribution in [1.82, 2.24) is 14.5 Å². The van der Waals surface area contributed by atoms with Crippen molar-refractivity contribution in [1.29, 1.82) is 0 Å². The zero-order valence-corrected chi connectivity index (χ0v) is 39.4. The number of nitrogens with zero attached hydrogens (tertiary/aromatic N) is 2. The van der Waals surface area contributed by atoms with Crippen molar-refractivity contribution in [3.8, 4) is 0 Å². The zero-order valence-electron chi connectivity index (χ0n) is 38.5. The number of carbonyl (C=O) groups excluding carboxylic acids is 2. The Bertz CT molecular complexity index is 1830. The predicted octanol–water partition coefficient (Wildman–Crippen LogP) is 8.00. The van der Waals surface area contributed by atoms with Crippen molar-refractivity contribution in [2.24, 2.45) is 79.3 Å². The van der Waals surface area contributed by atoms with E-state index in [0.29, 0.717) is 74.1 Å². The second-order valence-electron chi connectivity index (χ2n) is 24.7. The lowest BCUT2D eigenvalue weighted by Gasteiger charge is -2.73. The molecule has 0 bridgehead atoms. The van der Waals surface area contributed by atoms with E-state index in [1.165, 1.54) is 38.4 Å². The molecule has 0 radical (unpaired) electrons. The molecular formula is C48H79N3O7S. The van der Waals surface area contributed by atoms with Crippen LogP contribution in [0.15, 0.2) is 0 Å². The van der Waals surface area contributed by atoms with E-state index in [0.717, 1.165) is 44.9 Å². The molecular weight excluding hydrogens is 763 g/mol. The number of fused-ring (bicyclic) bond motifs is 7. The minimum absolute atomic E-state index is 0.123. The van der Waals surface area contributed by atoms with Gasteiger partial charge in [0.2, 0.25) is 15.9 Å². The molecule has 8 fully saturated rings. The fourth-order valence-corrected chi connectivity index (χ4v) is 17.6. The van der Waals surface area contributed by atoms with Gasteiger partial charge in [0.25, 0.3) is 0 Å². The molecule has 1 amide bonds. The third-order valence-electron chi connectivity index (χ3n) is 20.7. The summed E-state index contributed by atoms with van der Waals surface area (Å²) in [6.45, 7) is 26.3. The number of hydrogen-bond acceptors (Lipinski definition) is 7. The fourth-order valence-electron chi connectivity index (χ4n) is 16.7. The van der Waals surface area contributed by atoms with Crippen LogP contribution in [0.5, 0.6) is 0 Å². The van der Waals surface area contributed by atoms with Crippen molar-refractivity contribution in [3.05, 3.63) is 0 Å². The van der Waals surface area contributed by atoms with Gasteiger partial charge in [-0.1, -0.05) is 55.4 Å². The molecule has 1 saturated heterocycles. The van der Waals surface area contributed by atoms with Crippen LogP contribution in [0.25, 0.3) is 0 Å². The molecule has 334 valence electrons. The quantitative estimate of drug-likeness (QED) is 0.223. The van der Waals surface area contributed by atoms with Crippen LogP contribution < -0.4 is 5.32 Å². The van der Waals surface area contributed by atoms with Crippen LogP contribution in [0.3, 0.4) is 0 Å². The number of ether oxygens (including phenoxy) is 1. The number of piperazine rings is 1. The average Bonchev–Trinajstić information content (AvgIpc) is 3.73. The topological polar surface area (TPSA) is 133 Å². The Balaban J connectivity index is 1.01. The van der Waals surface area contributed by atoms with Gasteiger partial charge >= 0.3 is 11.9 Å². The predicted molar refractivity (Wildman–Crippen MR) is 229 cm³/mol. The van der Waals surface area contributed by atoms with E-state index in [4.69, 9.17) is 4.74 Å². The molecule has 7 aliphatic carbocycles. The molecule has 8 aliphatic rings. The molecule has 0 aromatic rings. The lowest BCUT2D eigenvalue weighted by Crippen LogP contribution is -2.68. The van der Waals surface area contributed by atoms with Gasteiger partial charge in [0, 0.05) is 43.7 Å². The highest BCUT2D eigenvalue weighted by Gasteiger charge is 2.74. The summed E-state index contributed by atoms with van der Waals surface area (Å²) in [6.07, 6.45) is 14.8. The third kappa shape index (κ3) is 6.62. The molecule has 1 aliphatic heterocycles. The van der Waals surface area contributed by atoms with Gasteiger partial charge in [0.15, 0.2) is 0 Å². The summed E-state index contributed by atoms with van der Waals surface area (Å²) in [5, 5.41) is 13.4. The number of carboxylic acid groups (broad SMARTS) is 1. The Kier molecular flexibility index (Phi) is 10.3. The van der Waals surface area contributed by atoms with Gasteiger partial charge in [-0.15, -0.1) is 0 Å². The number of hydrogen-bond donors (Lipinski definition) is 2. The number of nitrogens with one attached hydrogen (secondary N) is 1. The monoisotopic (exact) mass is 842 g/mol. The highest BCUT2D eigenvalue weighted by Crippen LogP contribution is 2.79. The lowest BCUT2D eigenvalue weighted by molar-refractivity contribution is -0.252. The highest BCUT2D eigenvalue weighted by molar-refractivity contribution is 7.88. The molecule has 11 heteroatoms. The maximum absolute atomic E-state index is 15.2. The molecule has 1 heterocycles. The first-order chi connectivity index (χ1) is 27.2. The van der Waals surface area contributed by atoms with Crippen molar-refractivity contribution in [2.45, 2.75) is 164 Å². The van der Waals surface area contributed by atoms with E-state index in [2.05, 4.69) is 65.6 Å². The second-order valence-corrected chi connectivity index (χ2v) is 26.7. The molecule has 8 rings (SSSR count).